The summed E-state index contributed by atoms with van der Waals surface area (Å²) in [4.78, 5) is 23.8. The van der Waals surface area contributed by atoms with Crippen LogP contribution in [0.2, 0.25) is 0 Å². The van der Waals surface area contributed by atoms with E-state index < -0.39 is 17.4 Å². The molecule has 6 heteroatoms. The van der Waals surface area contributed by atoms with Crippen LogP contribution in [0.4, 0.5) is 0 Å². The topological polar surface area (TPSA) is 95.1 Å². The summed E-state index contributed by atoms with van der Waals surface area (Å²) in [6.45, 7) is 3.15. The van der Waals surface area contributed by atoms with Crippen molar-refractivity contribution in [2.45, 2.75) is 19.4 Å². The first-order chi connectivity index (χ1) is 9.45. The van der Waals surface area contributed by atoms with Gasteiger partial charge in [0, 0.05) is 5.69 Å². The molecule has 0 aliphatic rings. The van der Waals surface area contributed by atoms with Crippen molar-refractivity contribution in [3.8, 4) is 0 Å². The number of amides is 1. The van der Waals surface area contributed by atoms with Crippen LogP contribution in [0.15, 0.2) is 36.5 Å². The number of nitrogens with zero attached hydrogens (tertiary/aromatic N) is 1. The van der Waals surface area contributed by atoms with Gasteiger partial charge in [-0.05, 0) is 19.4 Å². The van der Waals surface area contributed by atoms with Crippen LogP contribution < -0.4 is 5.32 Å². The van der Waals surface area contributed by atoms with Crippen molar-refractivity contribution in [3.63, 3.8) is 0 Å². The van der Waals surface area contributed by atoms with Crippen molar-refractivity contribution in [2.24, 2.45) is 0 Å². The maximum Gasteiger partial charge on any atom is 0.333 e. The first kappa shape index (κ1) is 13.8. The first-order valence-electron chi connectivity index (χ1n) is 6.06. The number of hydrogen-bond donors (Lipinski definition) is 3. The van der Waals surface area contributed by atoms with Crippen LogP contribution in [0, 0.1) is 6.92 Å². The lowest BCUT2D eigenvalue weighted by Crippen LogP contribution is -2.49. The lowest BCUT2D eigenvalue weighted by molar-refractivity contribution is -0.144. The number of carbonyl (C=O) groups is 2. The molecule has 0 bridgehead atoms. The highest BCUT2D eigenvalue weighted by Crippen LogP contribution is 2.21. The zero-order valence-electron chi connectivity index (χ0n) is 11.2. The number of aromatic amines is 1. The second kappa shape index (κ2) is 5.16. The number of hydrogen-bond acceptors (Lipinski definition) is 3. The Bertz CT molecular complexity index is 636. The van der Waals surface area contributed by atoms with Gasteiger partial charge in [0.25, 0.3) is 5.91 Å². The average Bonchev–Trinajstić information content (AvgIpc) is 2.85. The summed E-state index contributed by atoms with van der Waals surface area (Å²) in [5, 5.41) is 18.4. The zero-order chi connectivity index (χ0) is 14.8. The number of carboxylic acids is 1. The summed E-state index contributed by atoms with van der Waals surface area (Å²) in [7, 11) is 0. The number of nitrogens with one attached hydrogen (secondary N) is 2. The number of rotatable bonds is 4. The van der Waals surface area contributed by atoms with Crippen molar-refractivity contribution in [2.75, 3.05) is 0 Å². The minimum absolute atomic E-state index is 0.327. The van der Waals surface area contributed by atoms with Crippen LogP contribution in [0.3, 0.4) is 0 Å². The SMILES string of the molecule is Cc1[nH]ncc1C(=O)NC(C)(C(=O)O)c1ccccc1. The van der Waals surface area contributed by atoms with E-state index in [0.717, 1.165) is 0 Å². The molecule has 0 aliphatic heterocycles. The van der Waals surface area contributed by atoms with Gasteiger partial charge in [0.2, 0.25) is 0 Å². The third-order valence-corrected chi connectivity index (χ3v) is 3.22. The number of carbonyl (C=O) groups excluding carboxylic acids is 1. The van der Waals surface area contributed by atoms with E-state index in [1.165, 1.54) is 13.1 Å². The van der Waals surface area contributed by atoms with Crippen molar-refractivity contribution >= 4 is 11.9 Å². The Kier molecular flexibility index (Phi) is 3.56. The highest BCUT2D eigenvalue weighted by Gasteiger charge is 2.37. The van der Waals surface area contributed by atoms with Gasteiger partial charge < -0.3 is 10.4 Å². The van der Waals surface area contributed by atoms with Gasteiger partial charge in [-0.2, -0.15) is 5.10 Å². The third-order valence-electron chi connectivity index (χ3n) is 3.22. The molecule has 20 heavy (non-hydrogen) atoms. The van der Waals surface area contributed by atoms with Crippen LogP contribution >= 0.6 is 0 Å². The van der Waals surface area contributed by atoms with E-state index in [1.54, 1.807) is 37.3 Å². The van der Waals surface area contributed by atoms with Crippen LogP contribution in [0.5, 0.6) is 0 Å². The fourth-order valence-electron chi connectivity index (χ4n) is 1.89. The highest BCUT2D eigenvalue weighted by molar-refractivity contribution is 5.98. The van der Waals surface area contributed by atoms with Crippen molar-refractivity contribution in [1.29, 1.82) is 0 Å². The Labute approximate surface area is 115 Å². The molecule has 2 rings (SSSR count). The molecule has 3 N–H and O–H groups in total. The molecule has 2 aromatic rings. The normalized spacial score (nSPS) is 13.5. The maximum atomic E-state index is 12.2. The quantitative estimate of drug-likeness (QED) is 0.785. The molecule has 1 aromatic heterocycles. The number of benzene rings is 1. The predicted octanol–water partition coefficient (Wildman–Crippen LogP) is 1.45. The first-order valence-corrected chi connectivity index (χ1v) is 6.06. The molecular weight excluding hydrogens is 258 g/mol. The summed E-state index contributed by atoms with van der Waals surface area (Å²) in [5.74, 6) is -1.61. The molecule has 1 unspecified atom stereocenters. The van der Waals surface area contributed by atoms with Gasteiger partial charge in [0.15, 0.2) is 5.54 Å². The maximum absolute atomic E-state index is 12.2. The minimum Gasteiger partial charge on any atom is -0.479 e. The van der Waals surface area contributed by atoms with E-state index in [0.29, 0.717) is 16.8 Å². The average molecular weight is 273 g/mol. The lowest BCUT2D eigenvalue weighted by atomic mass is 9.91. The van der Waals surface area contributed by atoms with E-state index in [-0.39, 0.29) is 0 Å². The van der Waals surface area contributed by atoms with Crippen LogP contribution in [-0.4, -0.2) is 27.2 Å². The molecule has 0 saturated heterocycles. The van der Waals surface area contributed by atoms with Crippen LogP contribution in [0.25, 0.3) is 0 Å². The van der Waals surface area contributed by atoms with E-state index >= 15 is 0 Å². The molecule has 0 radical (unpaired) electrons. The van der Waals surface area contributed by atoms with Gasteiger partial charge in [0.05, 0.1) is 11.8 Å². The molecule has 0 saturated carbocycles. The Morgan fingerprint density at radius 1 is 1.30 bits per heavy atom. The predicted molar refractivity (Wildman–Crippen MR) is 72.2 cm³/mol. The molecule has 1 atom stereocenters. The van der Waals surface area contributed by atoms with E-state index in [9.17, 15) is 14.7 Å². The van der Waals surface area contributed by atoms with E-state index in [1.807, 2.05) is 0 Å². The molecule has 0 spiro atoms. The van der Waals surface area contributed by atoms with E-state index in [4.69, 9.17) is 0 Å². The van der Waals surface area contributed by atoms with Gasteiger partial charge in [-0.1, -0.05) is 30.3 Å². The number of H-pyrrole nitrogens is 1. The third kappa shape index (κ3) is 2.40. The summed E-state index contributed by atoms with van der Waals surface area (Å²) in [6.07, 6.45) is 1.37. The monoisotopic (exact) mass is 273 g/mol. The smallest absolute Gasteiger partial charge is 0.333 e. The lowest BCUT2D eigenvalue weighted by Gasteiger charge is -2.26. The number of carboxylic acid groups (broad SMARTS) is 1. The van der Waals surface area contributed by atoms with Gasteiger partial charge >= 0.3 is 5.97 Å². The summed E-state index contributed by atoms with van der Waals surface area (Å²) in [5.41, 5.74) is -0.0825. The highest BCUT2D eigenvalue weighted by atomic mass is 16.4. The molecule has 1 amide bonds. The second-order valence-electron chi connectivity index (χ2n) is 4.66. The van der Waals surface area contributed by atoms with Crippen LogP contribution in [0.1, 0.15) is 28.5 Å². The summed E-state index contributed by atoms with van der Waals surface area (Å²) < 4.78 is 0. The van der Waals surface area contributed by atoms with Gasteiger partial charge in [-0.3, -0.25) is 9.89 Å². The Balaban J connectivity index is 2.34. The Hall–Kier alpha value is -2.63. The molecule has 0 fully saturated rings. The molecule has 6 nitrogen and oxygen atoms in total. The van der Waals surface area contributed by atoms with Crippen molar-refractivity contribution in [3.05, 3.63) is 53.3 Å². The Morgan fingerprint density at radius 2 is 1.95 bits per heavy atom. The number of aliphatic carboxylic acids is 1. The fourth-order valence-corrected chi connectivity index (χ4v) is 1.89. The second-order valence-corrected chi connectivity index (χ2v) is 4.66. The standard InChI is InChI=1S/C14H15N3O3/c1-9-11(8-15-17-9)12(18)16-14(2,13(19)20)10-6-4-3-5-7-10/h3-8H,1-2H3,(H,15,17)(H,16,18)(H,19,20). The van der Waals surface area contributed by atoms with Gasteiger partial charge in [-0.25, -0.2) is 4.79 Å². The summed E-state index contributed by atoms with van der Waals surface area (Å²) in [6, 6.07) is 8.57. The minimum atomic E-state index is -1.50. The van der Waals surface area contributed by atoms with Crippen molar-refractivity contribution < 1.29 is 14.7 Å². The molecule has 104 valence electrons. The number of aromatic nitrogens is 2. The fraction of sp³-hybridized carbons (Fsp3) is 0.214. The molecule has 1 aromatic carbocycles. The molecular formula is C14H15N3O3. The summed E-state index contributed by atoms with van der Waals surface area (Å²) >= 11 is 0. The molecule has 1 heterocycles. The Morgan fingerprint density at radius 3 is 2.45 bits per heavy atom. The zero-order valence-corrected chi connectivity index (χ0v) is 11.2. The van der Waals surface area contributed by atoms with Crippen LogP contribution in [-0.2, 0) is 10.3 Å². The largest absolute Gasteiger partial charge is 0.479 e. The van der Waals surface area contributed by atoms with Crippen molar-refractivity contribution in [1.82, 2.24) is 15.5 Å². The van der Waals surface area contributed by atoms with Gasteiger partial charge in [-0.15, -0.1) is 0 Å². The van der Waals surface area contributed by atoms with E-state index in [2.05, 4.69) is 15.5 Å². The van der Waals surface area contributed by atoms with Gasteiger partial charge in [0.1, 0.15) is 0 Å². The number of aryl methyl sites for hydroxylation is 1. The molecule has 0 aliphatic carbocycles.